The predicted octanol–water partition coefficient (Wildman–Crippen LogP) is 8.67. The molecule has 2 heteroatoms. The number of hydrogen-bond donors (Lipinski definition) is 0. The monoisotopic (exact) mass is 438 g/mol. The Kier molecular flexibility index (Phi) is 4.31. The van der Waals surface area contributed by atoms with Crippen LogP contribution in [0.25, 0.3) is 43.9 Å². The van der Waals surface area contributed by atoms with Gasteiger partial charge in [0.05, 0.1) is 0 Å². The van der Waals surface area contributed by atoms with Crippen LogP contribution in [-0.4, -0.2) is 0 Å². The van der Waals surface area contributed by atoms with Gasteiger partial charge >= 0.3 is 0 Å². The van der Waals surface area contributed by atoms with Crippen molar-refractivity contribution in [2.75, 3.05) is 0 Å². The molecular formula is C32H22O2. The summed E-state index contributed by atoms with van der Waals surface area (Å²) in [6, 6.07) is 38.2. The van der Waals surface area contributed by atoms with Crippen LogP contribution in [0, 0.1) is 0 Å². The summed E-state index contributed by atoms with van der Waals surface area (Å²) in [5.74, 6) is 0. The van der Waals surface area contributed by atoms with E-state index in [-0.39, 0.29) is 0 Å². The average Bonchev–Trinajstić information content (AvgIpc) is 3.43. The van der Waals surface area contributed by atoms with Gasteiger partial charge < -0.3 is 8.83 Å². The molecular weight excluding hydrogens is 416 g/mol. The van der Waals surface area contributed by atoms with Crippen LogP contribution in [0.15, 0.2) is 118 Å². The van der Waals surface area contributed by atoms with Crippen molar-refractivity contribution in [2.45, 2.75) is 12.8 Å². The molecule has 0 aliphatic carbocycles. The van der Waals surface area contributed by atoms with Crippen LogP contribution in [-0.2, 0) is 12.8 Å². The number of benzene rings is 5. The van der Waals surface area contributed by atoms with E-state index in [2.05, 4.69) is 109 Å². The highest BCUT2D eigenvalue weighted by Crippen LogP contribution is 2.39. The summed E-state index contributed by atoms with van der Waals surface area (Å²) in [6.45, 7) is 0. The Bertz CT molecular complexity index is 1650. The van der Waals surface area contributed by atoms with Gasteiger partial charge in [0, 0.05) is 34.4 Å². The molecule has 2 aromatic heterocycles. The summed E-state index contributed by atoms with van der Waals surface area (Å²) in [6.07, 6.45) is 1.69. The molecule has 162 valence electrons. The highest BCUT2D eigenvalue weighted by Gasteiger charge is 2.16. The molecule has 0 saturated carbocycles. The molecule has 2 heterocycles. The average molecular weight is 439 g/mol. The van der Waals surface area contributed by atoms with Gasteiger partial charge in [0.1, 0.15) is 22.3 Å². The molecule has 0 atom stereocenters. The summed E-state index contributed by atoms with van der Waals surface area (Å²) in [4.78, 5) is 0. The third kappa shape index (κ3) is 3.11. The van der Waals surface area contributed by atoms with Gasteiger partial charge in [-0.2, -0.15) is 0 Å². The Labute approximate surface area is 197 Å². The van der Waals surface area contributed by atoms with Crippen LogP contribution in [0.4, 0.5) is 0 Å². The van der Waals surface area contributed by atoms with E-state index in [4.69, 9.17) is 8.83 Å². The van der Waals surface area contributed by atoms with Crippen LogP contribution in [0.1, 0.15) is 22.3 Å². The molecule has 7 rings (SSSR count). The third-order valence-corrected chi connectivity index (χ3v) is 6.75. The van der Waals surface area contributed by atoms with Gasteiger partial charge in [0.2, 0.25) is 0 Å². The zero-order chi connectivity index (χ0) is 22.5. The lowest BCUT2D eigenvalue weighted by Crippen LogP contribution is -1.87. The van der Waals surface area contributed by atoms with E-state index in [0.717, 1.165) is 56.7 Å². The van der Waals surface area contributed by atoms with Gasteiger partial charge in [0.25, 0.3) is 0 Å². The molecule has 0 bridgehead atoms. The molecule has 0 spiro atoms. The highest BCUT2D eigenvalue weighted by atomic mass is 16.3. The zero-order valence-corrected chi connectivity index (χ0v) is 18.6. The Balaban J connectivity index is 1.39. The maximum atomic E-state index is 6.47. The normalized spacial score (nSPS) is 11.8. The summed E-state index contributed by atoms with van der Waals surface area (Å²) in [7, 11) is 0. The summed E-state index contributed by atoms with van der Waals surface area (Å²) in [5, 5.41) is 4.47. The van der Waals surface area contributed by atoms with Crippen molar-refractivity contribution in [3.63, 3.8) is 0 Å². The van der Waals surface area contributed by atoms with E-state index in [9.17, 15) is 0 Å². The first-order valence-electron chi connectivity index (χ1n) is 11.7. The second kappa shape index (κ2) is 7.64. The van der Waals surface area contributed by atoms with Crippen LogP contribution in [0.2, 0.25) is 0 Å². The lowest BCUT2D eigenvalue weighted by Gasteiger charge is -2.02. The molecule has 0 aliphatic heterocycles. The Hall–Kier alpha value is -4.30. The molecule has 34 heavy (non-hydrogen) atoms. The van der Waals surface area contributed by atoms with Crippen LogP contribution in [0.3, 0.4) is 0 Å². The highest BCUT2D eigenvalue weighted by molar-refractivity contribution is 6.15. The second-order valence-electron chi connectivity index (χ2n) is 8.96. The molecule has 2 nitrogen and oxygen atoms in total. The minimum Gasteiger partial charge on any atom is -0.456 e. The topological polar surface area (TPSA) is 26.3 Å². The maximum absolute atomic E-state index is 6.47. The predicted molar refractivity (Wildman–Crippen MR) is 139 cm³/mol. The zero-order valence-electron chi connectivity index (χ0n) is 18.6. The van der Waals surface area contributed by atoms with Crippen molar-refractivity contribution in [3.8, 4) is 0 Å². The first-order chi connectivity index (χ1) is 16.8. The van der Waals surface area contributed by atoms with E-state index in [1.807, 2.05) is 0 Å². The van der Waals surface area contributed by atoms with Crippen LogP contribution >= 0.6 is 0 Å². The van der Waals surface area contributed by atoms with Crippen molar-refractivity contribution in [1.82, 2.24) is 0 Å². The van der Waals surface area contributed by atoms with Crippen LogP contribution < -0.4 is 0 Å². The molecule has 0 saturated heterocycles. The Morgan fingerprint density at radius 1 is 0.412 bits per heavy atom. The standard InChI is InChI=1S/C32H22O2/c1-3-9-21(10-4-1)17-23-13-7-15-25-27-19-30-28(20-29(27)33-31(23)25)26-16-8-14-24(32(26)34-30)18-22-11-5-2-6-12-22/h1-16,19-20H,17-18H2. The first-order valence-corrected chi connectivity index (χ1v) is 11.7. The molecule has 7 aromatic rings. The largest absolute Gasteiger partial charge is 0.456 e. The molecule has 0 aliphatic rings. The van der Waals surface area contributed by atoms with E-state index >= 15 is 0 Å². The lowest BCUT2D eigenvalue weighted by atomic mass is 10.0. The Morgan fingerprint density at radius 2 is 0.853 bits per heavy atom. The van der Waals surface area contributed by atoms with Crippen molar-refractivity contribution < 1.29 is 8.83 Å². The van der Waals surface area contributed by atoms with Crippen molar-refractivity contribution in [1.29, 1.82) is 0 Å². The smallest absolute Gasteiger partial charge is 0.138 e. The fraction of sp³-hybridized carbons (Fsp3) is 0.0625. The second-order valence-corrected chi connectivity index (χ2v) is 8.96. The number of para-hydroxylation sites is 2. The van der Waals surface area contributed by atoms with Gasteiger partial charge in [-0.1, -0.05) is 97.1 Å². The fourth-order valence-corrected chi connectivity index (χ4v) is 5.11. The van der Waals surface area contributed by atoms with E-state index in [0.29, 0.717) is 0 Å². The molecule has 0 N–H and O–H groups in total. The molecule has 5 aromatic carbocycles. The minimum absolute atomic E-state index is 0.847. The van der Waals surface area contributed by atoms with Gasteiger partial charge in [-0.25, -0.2) is 0 Å². The first kappa shape index (κ1) is 19.2. The summed E-state index contributed by atoms with van der Waals surface area (Å²) >= 11 is 0. The molecule has 0 radical (unpaired) electrons. The van der Waals surface area contributed by atoms with Crippen molar-refractivity contribution >= 4 is 43.9 Å². The van der Waals surface area contributed by atoms with Gasteiger partial charge in [-0.05, 0) is 34.4 Å². The number of furan rings is 2. The summed E-state index contributed by atoms with van der Waals surface area (Å²) < 4.78 is 12.9. The van der Waals surface area contributed by atoms with Crippen molar-refractivity contribution in [2.24, 2.45) is 0 Å². The number of fused-ring (bicyclic) bond motifs is 6. The quantitative estimate of drug-likeness (QED) is 0.275. The van der Waals surface area contributed by atoms with Gasteiger partial charge in [-0.3, -0.25) is 0 Å². The Morgan fingerprint density at radius 3 is 1.29 bits per heavy atom. The van der Waals surface area contributed by atoms with E-state index < -0.39 is 0 Å². The lowest BCUT2D eigenvalue weighted by molar-refractivity contribution is 0.659. The minimum atomic E-state index is 0.847. The summed E-state index contributed by atoms with van der Waals surface area (Å²) in [5.41, 5.74) is 8.69. The third-order valence-electron chi connectivity index (χ3n) is 6.75. The maximum Gasteiger partial charge on any atom is 0.138 e. The number of hydrogen-bond acceptors (Lipinski definition) is 2. The molecule has 0 fully saturated rings. The van der Waals surface area contributed by atoms with E-state index in [1.165, 1.54) is 22.3 Å². The molecule has 0 amide bonds. The fourth-order valence-electron chi connectivity index (χ4n) is 5.11. The van der Waals surface area contributed by atoms with Gasteiger partial charge in [-0.15, -0.1) is 0 Å². The van der Waals surface area contributed by atoms with Crippen molar-refractivity contribution in [3.05, 3.63) is 131 Å². The molecule has 0 unspecified atom stereocenters. The van der Waals surface area contributed by atoms with E-state index in [1.54, 1.807) is 0 Å². The van der Waals surface area contributed by atoms with Crippen LogP contribution in [0.5, 0.6) is 0 Å². The van der Waals surface area contributed by atoms with Gasteiger partial charge in [0.15, 0.2) is 0 Å². The SMILES string of the molecule is c1ccc(Cc2cccc3c2oc2cc4c(cc23)oc2c(Cc3ccccc3)cccc24)cc1. The number of rotatable bonds is 4.